The van der Waals surface area contributed by atoms with E-state index in [0.717, 1.165) is 4.57 Å². The van der Waals surface area contributed by atoms with E-state index in [0.29, 0.717) is 5.52 Å². The van der Waals surface area contributed by atoms with Gasteiger partial charge in [0, 0.05) is 0 Å². The van der Waals surface area contributed by atoms with Gasteiger partial charge in [-0.05, 0) is 24.3 Å². The number of hydrogen-bond donors (Lipinski definition) is 0. The van der Waals surface area contributed by atoms with Gasteiger partial charge in [-0.1, -0.05) is 24.3 Å². The molecule has 120 valence electrons. The normalized spacial score (nSPS) is 11.8. The number of nitrogens with zero attached hydrogens (tertiary/aromatic N) is 2. The quantitative estimate of drug-likeness (QED) is 0.670. The van der Waals surface area contributed by atoms with Gasteiger partial charge in [-0.3, -0.25) is 0 Å². The van der Waals surface area contributed by atoms with Crippen molar-refractivity contribution < 1.29 is 22.3 Å². The Morgan fingerprint density at radius 1 is 1.00 bits per heavy atom. The highest BCUT2D eigenvalue weighted by atomic mass is 19.4. The van der Waals surface area contributed by atoms with Gasteiger partial charge in [0.15, 0.2) is 11.6 Å². The molecule has 0 N–H and O–H groups in total. The first-order chi connectivity index (χ1) is 11.0. The van der Waals surface area contributed by atoms with E-state index in [1.165, 1.54) is 24.3 Å². The van der Waals surface area contributed by atoms with Gasteiger partial charge in [0.25, 0.3) is 0 Å². The molecule has 0 atom stereocenters. The second-order valence-corrected chi connectivity index (χ2v) is 4.85. The van der Waals surface area contributed by atoms with Crippen LogP contribution in [-0.4, -0.2) is 16.2 Å². The summed E-state index contributed by atoms with van der Waals surface area (Å²) in [6.07, 6.45) is -4.57. The van der Waals surface area contributed by atoms with Crippen LogP contribution in [0.3, 0.4) is 0 Å². The van der Waals surface area contributed by atoms with Gasteiger partial charge >= 0.3 is 6.18 Å². The fraction of sp³-hybridized carbons (Fsp3) is 0.188. The van der Waals surface area contributed by atoms with Crippen LogP contribution in [-0.2, 0) is 12.7 Å². The summed E-state index contributed by atoms with van der Waals surface area (Å²) in [6.45, 7) is -0.200. The molecule has 1 heterocycles. The molecular formula is C16H12F4N2O. The molecule has 0 aliphatic carbocycles. The summed E-state index contributed by atoms with van der Waals surface area (Å²) in [5.74, 6) is -1.54. The van der Waals surface area contributed by atoms with E-state index in [1.807, 2.05) is 0 Å². The molecule has 0 unspecified atom stereocenters. The van der Waals surface area contributed by atoms with Gasteiger partial charge in [0.2, 0.25) is 5.82 Å². The maximum absolute atomic E-state index is 13.5. The topological polar surface area (TPSA) is 27.1 Å². The Labute approximate surface area is 129 Å². The third-order valence-electron chi connectivity index (χ3n) is 3.32. The first kappa shape index (κ1) is 15.3. The van der Waals surface area contributed by atoms with E-state index < -0.39 is 17.8 Å². The summed E-state index contributed by atoms with van der Waals surface area (Å²) < 4.78 is 59.1. The standard InChI is InChI=1S/C16H12F4N2O/c17-11-5-1-4-8-14(11)23-10-9-22-13-7-3-2-6-12(13)21-15(22)16(18,19)20/h1-8H,9-10H2. The summed E-state index contributed by atoms with van der Waals surface area (Å²) in [5, 5.41) is 0. The summed E-state index contributed by atoms with van der Waals surface area (Å²) in [7, 11) is 0. The van der Waals surface area contributed by atoms with E-state index in [4.69, 9.17) is 4.74 Å². The van der Waals surface area contributed by atoms with Crippen molar-refractivity contribution in [1.82, 2.24) is 9.55 Å². The Balaban J connectivity index is 1.86. The zero-order valence-electron chi connectivity index (χ0n) is 11.8. The fourth-order valence-corrected chi connectivity index (χ4v) is 2.33. The number of ether oxygens (including phenoxy) is 1. The zero-order chi connectivity index (χ0) is 16.4. The molecule has 0 saturated carbocycles. The fourth-order valence-electron chi connectivity index (χ4n) is 2.33. The number of halogens is 4. The van der Waals surface area contributed by atoms with Crippen molar-refractivity contribution in [3.8, 4) is 5.75 Å². The van der Waals surface area contributed by atoms with Crippen LogP contribution in [0.15, 0.2) is 48.5 Å². The summed E-state index contributed by atoms with van der Waals surface area (Å²) in [4.78, 5) is 3.64. The van der Waals surface area contributed by atoms with Crippen molar-refractivity contribution in [1.29, 1.82) is 0 Å². The molecule has 3 rings (SSSR count). The van der Waals surface area contributed by atoms with E-state index in [9.17, 15) is 17.6 Å². The minimum atomic E-state index is -4.57. The van der Waals surface area contributed by atoms with E-state index in [-0.39, 0.29) is 24.4 Å². The molecule has 3 nitrogen and oxygen atoms in total. The zero-order valence-corrected chi connectivity index (χ0v) is 11.8. The van der Waals surface area contributed by atoms with Crippen LogP contribution in [0.25, 0.3) is 11.0 Å². The molecule has 0 aliphatic rings. The minimum Gasteiger partial charge on any atom is -0.489 e. The third kappa shape index (κ3) is 3.13. The van der Waals surface area contributed by atoms with Crippen LogP contribution >= 0.6 is 0 Å². The number of para-hydroxylation sites is 3. The lowest BCUT2D eigenvalue weighted by molar-refractivity contribution is -0.147. The van der Waals surface area contributed by atoms with E-state index >= 15 is 0 Å². The van der Waals surface area contributed by atoms with Gasteiger partial charge in [-0.15, -0.1) is 0 Å². The van der Waals surface area contributed by atoms with Crippen molar-refractivity contribution in [2.24, 2.45) is 0 Å². The Morgan fingerprint density at radius 2 is 1.70 bits per heavy atom. The van der Waals surface area contributed by atoms with Crippen LogP contribution in [0.4, 0.5) is 17.6 Å². The number of hydrogen-bond acceptors (Lipinski definition) is 2. The summed E-state index contributed by atoms with van der Waals surface area (Å²) in [6, 6.07) is 12.1. The molecule has 1 aromatic heterocycles. The smallest absolute Gasteiger partial charge is 0.449 e. The molecule has 0 radical (unpaired) electrons. The first-order valence-corrected chi connectivity index (χ1v) is 6.86. The number of fused-ring (bicyclic) bond motifs is 1. The molecule has 0 bridgehead atoms. The van der Waals surface area contributed by atoms with Crippen LogP contribution in [0, 0.1) is 5.82 Å². The second-order valence-electron chi connectivity index (χ2n) is 4.85. The Morgan fingerprint density at radius 3 is 2.43 bits per heavy atom. The number of aromatic nitrogens is 2. The number of imidazole rings is 1. The molecule has 0 amide bonds. The Kier molecular flexibility index (Phi) is 3.94. The molecule has 0 spiro atoms. The highest BCUT2D eigenvalue weighted by Crippen LogP contribution is 2.31. The molecule has 23 heavy (non-hydrogen) atoms. The SMILES string of the molecule is Fc1ccccc1OCCn1c(C(F)(F)F)nc2ccccc21. The number of alkyl halides is 3. The average Bonchev–Trinajstić information content (AvgIpc) is 2.88. The van der Waals surface area contributed by atoms with Crippen molar-refractivity contribution in [2.75, 3.05) is 6.61 Å². The van der Waals surface area contributed by atoms with Crippen molar-refractivity contribution in [3.05, 3.63) is 60.2 Å². The molecule has 3 aromatic rings. The molecule has 0 fully saturated rings. The average molecular weight is 324 g/mol. The van der Waals surface area contributed by atoms with Crippen LogP contribution in [0.5, 0.6) is 5.75 Å². The van der Waals surface area contributed by atoms with Gasteiger partial charge in [-0.2, -0.15) is 13.2 Å². The Hall–Kier alpha value is -2.57. The van der Waals surface area contributed by atoms with E-state index in [1.54, 1.807) is 24.3 Å². The molecule has 2 aromatic carbocycles. The first-order valence-electron chi connectivity index (χ1n) is 6.86. The summed E-state index contributed by atoms with van der Waals surface area (Å²) >= 11 is 0. The lowest BCUT2D eigenvalue weighted by atomic mass is 10.3. The number of benzene rings is 2. The van der Waals surface area contributed by atoms with Gasteiger partial charge in [-0.25, -0.2) is 9.37 Å². The largest absolute Gasteiger partial charge is 0.489 e. The van der Waals surface area contributed by atoms with Crippen LogP contribution < -0.4 is 4.74 Å². The lowest BCUT2D eigenvalue weighted by Gasteiger charge is -2.12. The third-order valence-corrected chi connectivity index (χ3v) is 3.32. The minimum absolute atomic E-state index is 0.00507. The maximum Gasteiger partial charge on any atom is 0.449 e. The van der Waals surface area contributed by atoms with Crippen molar-refractivity contribution in [3.63, 3.8) is 0 Å². The van der Waals surface area contributed by atoms with Gasteiger partial charge in [0.1, 0.15) is 6.61 Å². The lowest BCUT2D eigenvalue weighted by Crippen LogP contribution is -2.18. The maximum atomic E-state index is 13.5. The van der Waals surface area contributed by atoms with Gasteiger partial charge < -0.3 is 9.30 Å². The summed E-state index contributed by atoms with van der Waals surface area (Å²) in [5.41, 5.74) is 0.614. The van der Waals surface area contributed by atoms with Crippen molar-refractivity contribution >= 4 is 11.0 Å². The molecule has 0 saturated heterocycles. The highest BCUT2D eigenvalue weighted by Gasteiger charge is 2.37. The highest BCUT2D eigenvalue weighted by molar-refractivity contribution is 5.76. The van der Waals surface area contributed by atoms with Crippen molar-refractivity contribution in [2.45, 2.75) is 12.7 Å². The predicted octanol–water partition coefficient (Wildman–Crippen LogP) is 4.27. The van der Waals surface area contributed by atoms with E-state index in [2.05, 4.69) is 4.98 Å². The molecule has 0 aliphatic heterocycles. The predicted molar refractivity (Wildman–Crippen MR) is 76.6 cm³/mol. The van der Waals surface area contributed by atoms with Gasteiger partial charge in [0.05, 0.1) is 17.6 Å². The molecule has 7 heteroatoms. The van der Waals surface area contributed by atoms with Crippen LogP contribution in [0.1, 0.15) is 5.82 Å². The Bertz CT molecular complexity index is 826. The van der Waals surface area contributed by atoms with Crippen LogP contribution in [0.2, 0.25) is 0 Å². The molecular weight excluding hydrogens is 312 g/mol. The second kappa shape index (κ2) is 5.91. The number of rotatable bonds is 4. The monoisotopic (exact) mass is 324 g/mol.